The monoisotopic (exact) mass is 1890 g/mol. The molecule has 0 radical (unpaired) electrons. The van der Waals surface area contributed by atoms with Crippen LogP contribution in [0.25, 0.3) is 0 Å². The molecule has 27 nitrogen and oxygen atoms in total. The Hall–Kier alpha value is -10.2. The van der Waals surface area contributed by atoms with Crippen molar-refractivity contribution in [1.82, 2.24) is 36.4 Å². The number of carboxylic acids is 1. The highest BCUT2D eigenvalue weighted by Crippen LogP contribution is 2.34. The summed E-state index contributed by atoms with van der Waals surface area (Å²) < 4.78 is 68.0. The number of hydrogen-bond donors (Lipinski definition) is 6. The van der Waals surface area contributed by atoms with Crippen LogP contribution in [0.5, 0.6) is 0 Å². The molecule has 10 rings (SSSR count). The number of benzene rings is 5. The molecule has 0 aromatic heterocycles. The third kappa shape index (κ3) is 42.6. The van der Waals surface area contributed by atoms with E-state index in [1.165, 1.54) is 6.92 Å². The van der Waals surface area contributed by atoms with Crippen molar-refractivity contribution in [2.45, 2.75) is 254 Å². The van der Waals surface area contributed by atoms with E-state index >= 15 is 0 Å². The van der Waals surface area contributed by atoms with Crippen molar-refractivity contribution in [2.75, 3.05) is 85.5 Å². The maximum absolute atomic E-state index is 14.2. The van der Waals surface area contributed by atoms with E-state index in [9.17, 15) is 80.6 Å². The number of nitrogens with one attached hydrogen (secondary N) is 5. The number of Topliss-reactive ketones (excluding diaryl/α,β-unsaturated/α-hetero) is 7. The number of carbonyl (C=O) groups excluding carboxylic acids is 12. The molecule has 5 aromatic carbocycles. The molecule has 0 saturated carbocycles. The molecule has 5 aliphatic rings. The largest absolute Gasteiger partial charge is 0.481 e. The van der Waals surface area contributed by atoms with Gasteiger partial charge in [0.2, 0.25) is 17.7 Å². The predicted octanol–water partition coefficient (Wildman–Crippen LogP) is 13.6. The number of rotatable bonds is 51. The quantitative estimate of drug-likeness (QED) is 0.0156. The van der Waals surface area contributed by atoms with Crippen molar-refractivity contribution in [1.29, 1.82) is 0 Å². The van der Waals surface area contributed by atoms with Gasteiger partial charge in [-0.1, -0.05) is 228 Å². The number of epoxide rings is 3. The highest BCUT2D eigenvalue weighted by atomic mass is 19.4. The molecule has 31 heteroatoms. The summed E-state index contributed by atoms with van der Waals surface area (Å²) in [6.07, 6.45) is -1.01. The van der Waals surface area contributed by atoms with Crippen molar-refractivity contribution in [3.63, 3.8) is 0 Å². The number of halogens is 4. The standard InChI is InChI=1S/C42H59N3O7.C33H44N2O6.C17H23NO4.C11H16F3NO3.CH4.FH/c1-29(2)22-36(43-40(49)33(17-16-31-12-8-6-9-13-31)25-35(46)27-45-18-20-51-21-19-45)38(47)26-34(24-32-14-10-7-11-15-32)41(50)44-37(23-30(3)4)39(48)42(5)28-52-42;1-24(2)19-30(31(37)22-28(33(39)40)20-26-11-7-4-8-12-26)34-32(38)27(14-13-25-9-5-3-6-10-25)21-29(36)23-35-15-17-41-18-16-35;1-12(2)9-14(15(19)17(3)11-22-17)18-16(20)21-10-13-7-5-4-6-8-13;1-6(2)4-7(8(16)10(3)5-18-10)15-9(17)11(12,13)14;;/h6-15,29-30,33-34,36-37H,16-28H2,1-5H3,(H,43,49)(H,44,50);3-12,24,27-28,30H,13-23H2,1-2H3,(H,34,38)(H,39,40);4-8,12,14H,9-11H2,1-3H3,(H,18,20);6-7H,4-5H2,1-3H3,(H,15,17);1H4;1H/t33-,34-,36+,37+,42-;27-,28-,30+;14-,17+;7-,10+;;/m1100../s1. The minimum absolute atomic E-state index is 0. The molecule has 5 heterocycles. The number of ketones is 7. The molecular weight excluding hydrogens is 1740 g/mol. The number of alkyl carbamates (subject to hydrolysis) is 1. The summed E-state index contributed by atoms with van der Waals surface area (Å²) in [5.41, 5.74) is 2.10. The Bertz CT molecular complexity index is 4520. The van der Waals surface area contributed by atoms with E-state index < -0.39 is 101 Å². The Morgan fingerprint density at radius 2 is 0.674 bits per heavy atom. The van der Waals surface area contributed by atoms with Gasteiger partial charge in [-0.15, -0.1) is 0 Å². The topological polar surface area (TPSA) is 374 Å². The molecule has 0 spiro atoms. The molecule has 0 bridgehead atoms. The molecular formula is C104H147F4N7O20. The summed E-state index contributed by atoms with van der Waals surface area (Å²) in [6.45, 7) is 31.1. The lowest BCUT2D eigenvalue weighted by Crippen LogP contribution is -2.50. The first-order valence-electron chi connectivity index (χ1n) is 46.9. The first kappa shape index (κ1) is 115. The average molecular weight is 1890 g/mol. The zero-order chi connectivity index (χ0) is 97.6. The predicted molar refractivity (Wildman–Crippen MR) is 506 cm³/mol. The van der Waals surface area contributed by atoms with E-state index in [1.54, 1.807) is 33.0 Å². The van der Waals surface area contributed by atoms with Gasteiger partial charge < -0.3 is 60.1 Å². The Morgan fingerprint density at radius 3 is 0.993 bits per heavy atom. The van der Waals surface area contributed by atoms with E-state index in [2.05, 4.69) is 26.2 Å². The summed E-state index contributed by atoms with van der Waals surface area (Å²) >= 11 is 0. The number of aryl methyl sites for hydroxylation is 2. The number of amides is 5. The lowest BCUT2D eigenvalue weighted by molar-refractivity contribution is -0.175. The van der Waals surface area contributed by atoms with Gasteiger partial charge in [0.05, 0.1) is 95.5 Å². The van der Waals surface area contributed by atoms with Gasteiger partial charge in [0.1, 0.15) is 35.0 Å². The number of carboxylic acid groups (broad SMARTS) is 1. The highest BCUT2D eigenvalue weighted by Gasteiger charge is 2.53. The smallest absolute Gasteiger partial charge is 0.471 e. The summed E-state index contributed by atoms with van der Waals surface area (Å²) in [5.74, 6) is -7.74. The van der Waals surface area contributed by atoms with Crippen molar-refractivity contribution in [3.8, 4) is 0 Å². The lowest BCUT2D eigenvalue weighted by Gasteiger charge is -2.28. The Morgan fingerprint density at radius 1 is 0.393 bits per heavy atom. The summed E-state index contributed by atoms with van der Waals surface area (Å²) in [5, 5.41) is 23.2. The van der Waals surface area contributed by atoms with Gasteiger partial charge in [0.25, 0.3) is 0 Å². The first-order chi connectivity index (χ1) is 63.0. The maximum Gasteiger partial charge on any atom is 0.471 e. The number of morpholine rings is 2. The molecule has 5 amide bonds. The van der Waals surface area contributed by atoms with E-state index in [0.29, 0.717) is 124 Å². The molecule has 746 valence electrons. The fourth-order valence-corrected chi connectivity index (χ4v) is 15.9. The fraction of sp³-hybridized carbons (Fsp3) is 0.587. The van der Waals surface area contributed by atoms with Crippen LogP contribution in [0.2, 0.25) is 0 Å². The number of hydrogen-bond acceptors (Lipinski definition) is 21. The van der Waals surface area contributed by atoms with Crippen molar-refractivity contribution in [3.05, 3.63) is 179 Å². The van der Waals surface area contributed by atoms with Gasteiger partial charge in [0, 0.05) is 69.6 Å². The molecule has 5 aliphatic heterocycles. The van der Waals surface area contributed by atoms with Gasteiger partial charge in [-0.25, -0.2) is 4.79 Å². The molecule has 135 heavy (non-hydrogen) atoms. The van der Waals surface area contributed by atoms with Crippen LogP contribution in [0, 0.1) is 53.3 Å². The fourth-order valence-electron chi connectivity index (χ4n) is 15.9. The summed E-state index contributed by atoms with van der Waals surface area (Å²) in [7, 11) is 0. The van der Waals surface area contributed by atoms with E-state index in [4.69, 9.17) is 28.4 Å². The summed E-state index contributed by atoms with van der Waals surface area (Å²) in [6, 6.07) is 43.7. The van der Waals surface area contributed by atoms with Crippen LogP contribution in [0.1, 0.15) is 196 Å². The minimum atomic E-state index is -4.99. The molecule has 5 aromatic rings. The zero-order valence-corrected chi connectivity index (χ0v) is 80.2. The van der Waals surface area contributed by atoms with Crippen LogP contribution in [-0.4, -0.2) is 230 Å². The van der Waals surface area contributed by atoms with E-state index in [1.807, 2.05) is 212 Å². The second kappa shape index (κ2) is 57.1. The third-order valence-corrected chi connectivity index (χ3v) is 23.8. The van der Waals surface area contributed by atoms with Crippen LogP contribution in [-0.2, 0) is 118 Å². The van der Waals surface area contributed by atoms with Crippen LogP contribution in [0.4, 0.5) is 22.7 Å². The van der Waals surface area contributed by atoms with Gasteiger partial charge in [-0.05, 0) is 149 Å². The number of carbonyl (C=O) groups is 13. The SMILES string of the molecule is C.CC(C)C[C@H](NC(=O)C(F)(F)F)C(=O)[C@@]1(C)CO1.CC(C)C[C@H](NC(=O)OCc1ccccc1)C(=O)[C@@]1(C)CO1.CC(C)C[C@H](NC(=O)[C@H](CCc1ccccc1)CC(=O)CN1CCOCC1)C(=O)C[C@@H](Cc1ccccc1)C(=O)N[C@@H](CC(C)C)C(=O)[C@@]1(C)CO1.CC(C)C[C@H](NC(=O)[C@H](CCc1ccccc1)CC(=O)CN1CCOCC1)C(=O)C[C@@H](Cc1ccccc1)C(=O)O.F. The minimum Gasteiger partial charge on any atom is -0.481 e. The number of nitrogens with zero attached hydrogens (tertiary/aromatic N) is 2. The van der Waals surface area contributed by atoms with Crippen LogP contribution in [0.15, 0.2) is 152 Å². The van der Waals surface area contributed by atoms with Gasteiger partial charge in [0.15, 0.2) is 28.9 Å². The molecule has 6 N–H and O–H groups in total. The van der Waals surface area contributed by atoms with Gasteiger partial charge in [-0.3, -0.25) is 72.0 Å². The lowest BCUT2D eigenvalue weighted by atomic mass is 9.87. The normalized spacial score (nSPS) is 19.3. The molecule has 0 unspecified atom stereocenters. The average Bonchev–Trinajstić information content (AvgIpc) is 1.65. The van der Waals surface area contributed by atoms with Gasteiger partial charge >= 0.3 is 24.1 Å². The summed E-state index contributed by atoms with van der Waals surface area (Å²) in [4.78, 5) is 172. The number of aliphatic carboxylic acids is 1. The molecule has 5 fully saturated rings. The van der Waals surface area contributed by atoms with E-state index in [0.717, 1.165) is 27.8 Å². The first-order valence-corrected chi connectivity index (χ1v) is 46.9. The second-order valence-corrected chi connectivity index (χ2v) is 38.4. The third-order valence-electron chi connectivity index (χ3n) is 23.8. The zero-order valence-electron chi connectivity index (χ0n) is 80.2. The van der Waals surface area contributed by atoms with Crippen LogP contribution >= 0.6 is 0 Å². The molecule has 5 saturated heterocycles. The maximum atomic E-state index is 14.2. The van der Waals surface area contributed by atoms with Crippen LogP contribution in [0.3, 0.4) is 0 Å². The van der Waals surface area contributed by atoms with Crippen molar-refractivity contribution in [2.24, 2.45) is 53.3 Å². The van der Waals surface area contributed by atoms with E-state index in [-0.39, 0.29) is 159 Å². The highest BCUT2D eigenvalue weighted by molar-refractivity contribution is 6.00. The Labute approximate surface area is 794 Å². The van der Waals surface area contributed by atoms with Crippen molar-refractivity contribution >= 4 is 76.2 Å². The van der Waals surface area contributed by atoms with Crippen molar-refractivity contribution < 1.29 is 114 Å². The Balaban J connectivity index is 0.000000342. The van der Waals surface area contributed by atoms with Gasteiger partial charge in [-0.2, -0.15) is 13.2 Å². The number of alkyl halides is 3. The second-order valence-electron chi connectivity index (χ2n) is 38.4. The van der Waals surface area contributed by atoms with Crippen LogP contribution < -0.4 is 26.6 Å². The Kier molecular flexibility index (Phi) is 48.8. The molecule has 12 atom stereocenters. The molecule has 0 aliphatic carbocycles. The number of ether oxygens (including phenoxy) is 6.